The van der Waals surface area contributed by atoms with Crippen LogP contribution in [0.5, 0.6) is 5.75 Å². The van der Waals surface area contributed by atoms with Crippen LogP contribution in [0.3, 0.4) is 0 Å². The molecule has 0 aliphatic heterocycles. The molecule has 0 amide bonds. The summed E-state index contributed by atoms with van der Waals surface area (Å²) in [7, 11) is -18.1. The number of phenolic OH excluding ortho intramolecular Hbond substituents is 1. The molecule has 3 aromatic carbocycles. The predicted molar refractivity (Wildman–Crippen MR) is 381 cm³/mol. The fraction of sp³-hybridized carbons (Fsp3) is 0.619. The summed E-state index contributed by atoms with van der Waals surface area (Å²) in [5.41, 5.74) is 0.135. The second-order valence-electron chi connectivity index (χ2n) is 29.2. The first-order valence-electron chi connectivity index (χ1n) is 31.8. The van der Waals surface area contributed by atoms with Crippen LogP contribution in [0.15, 0.2) is 64.5 Å². The van der Waals surface area contributed by atoms with Crippen molar-refractivity contribution >= 4 is 215 Å². The molecule has 12 aliphatic rings. The standard InChI is InChI=1S/C21H22Br3F2NO7S.C21H21Br3F2O8S.C21H21Br3F2O7S/c2*1-9(21(25,26)35(30,31)32)33-18(29)19-4-10-2-11(5-19)7-20(6-10,8-19)34-17(28)14-12(22)3-13(23)16(27)15(14)24;1-10(21(25,26)34(29,30)31)32-18(28)19-5-11-2-12(6-19)8-20(7-11,9-19)33-17(27)16-14(23)3-13(22)4-15(16)24/h3,9-11H,2,4-8,27H2,1H3,(H,30,31,32);3,9-11,27H,2,4-8H2,1H3,(H,30,31,32);3-4,10-12H,2,5-9H2,1H3,(H,29,30,31)/p-3. The molecular weight excluding hydrogens is 2050 g/mol. The van der Waals surface area contributed by atoms with E-state index in [1.54, 1.807) is 18.2 Å². The zero-order valence-corrected chi connectivity index (χ0v) is 70.9. The Kier molecular flexibility index (Phi) is 23.8. The summed E-state index contributed by atoms with van der Waals surface area (Å²) in [5, 5.41) is -4.10. The molecule has 12 saturated carbocycles. The van der Waals surface area contributed by atoms with Crippen molar-refractivity contribution < 1.29 is 128 Å². The van der Waals surface area contributed by atoms with Crippen LogP contribution in [-0.4, -0.2) is 131 Å². The van der Waals surface area contributed by atoms with Gasteiger partial charge in [-0.3, -0.25) is 14.4 Å². The molecule has 12 fully saturated rings. The lowest BCUT2D eigenvalue weighted by molar-refractivity contribution is -0.206. The highest BCUT2D eigenvalue weighted by Crippen LogP contribution is 2.67. The second-order valence-corrected chi connectivity index (χ2v) is 41.2. The molecule has 104 heavy (non-hydrogen) atoms. The highest BCUT2D eigenvalue weighted by Gasteiger charge is 2.68. The van der Waals surface area contributed by atoms with Gasteiger partial charge in [-0.2, -0.15) is 26.3 Å². The average Bonchev–Trinajstić information content (AvgIpc) is 0.723. The van der Waals surface area contributed by atoms with Gasteiger partial charge in [0.25, 0.3) is 0 Å². The normalized spacial score (nSPS) is 30.9. The summed E-state index contributed by atoms with van der Waals surface area (Å²) in [5.74, 6) is -5.21. The molecule has 3 aromatic rings. The van der Waals surface area contributed by atoms with Crippen molar-refractivity contribution in [1.82, 2.24) is 0 Å². The number of ether oxygens (including phenoxy) is 6. The van der Waals surface area contributed by atoms with Crippen LogP contribution in [0.1, 0.15) is 167 Å². The fourth-order valence-corrected chi connectivity index (χ4v) is 27.2. The van der Waals surface area contributed by atoms with E-state index < -0.39 is 133 Å². The number of nitrogen functional groups attached to an aromatic ring is 1. The van der Waals surface area contributed by atoms with Crippen LogP contribution in [0.25, 0.3) is 0 Å². The molecule has 15 rings (SSSR count). The SMILES string of the molecule is CC(OC(=O)C12CC3CC(CC(OC(=O)c4c(Br)cc(Br)c(N)c4Br)(C3)C1)C2)C(F)(F)S(=O)(=O)[O-].CC(OC(=O)C12CC3CC(CC(OC(=O)c4c(Br)cc(Br)c(O)c4Br)(C3)C1)C2)C(F)(F)S(=O)(=O)[O-].CC(OC(=O)C12CC3CC(CC(OC(=O)c4c(Br)cc(Br)cc4Br)(C3)C1)C2)C(F)(F)S(=O)(=O)[O-]. The van der Waals surface area contributed by atoms with E-state index in [1.165, 1.54) is 6.07 Å². The van der Waals surface area contributed by atoms with E-state index in [0.717, 1.165) is 23.7 Å². The molecular formula is C63H61Br9F6NO22S3-3. The number of hydrogen-bond acceptors (Lipinski definition) is 23. The highest BCUT2D eigenvalue weighted by molar-refractivity contribution is 9.12. The largest absolute Gasteiger partial charge is 0.743 e. The van der Waals surface area contributed by atoms with Crippen molar-refractivity contribution in [3.05, 3.63) is 81.2 Å². The van der Waals surface area contributed by atoms with Crippen molar-refractivity contribution in [1.29, 1.82) is 0 Å². The highest BCUT2D eigenvalue weighted by atomic mass is 79.9. The molecule has 9 atom stereocenters. The smallest absolute Gasteiger partial charge is 0.369 e. The van der Waals surface area contributed by atoms with Gasteiger partial charge in [0.2, 0.25) is 0 Å². The van der Waals surface area contributed by atoms with Gasteiger partial charge < -0.3 is 52.9 Å². The number of halogens is 15. The Labute approximate surface area is 667 Å². The maximum absolute atomic E-state index is 14.0. The lowest BCUT2D eigenvalue weighted by atomic mass is 9.48. The number of rotatable bonds is 18. The van der Waals surface area contributed by atoms with E-state index in [4.69, 9.17) is 34.2 Å². The Balaban J connectivity index is 0.000000167. The number of hydrogen-bond donors (Lipinski definition) is 2. The van der Waals surface area contributed by atoms with Crippen molar-refractivity contribution in [2.45, 2.75) is 187 Å². The quantitative estimate of drug-likeness (QED) is 0.0393. The minimum Gasteiger partial charge on any atom is -0.743 e. The second kappa shape index (κ2) is 29.3. The van der Waals surface area contributed by atoms with E-state index in [-0.39, 0.29) is 81.7 Å². The van der Waals surface area contributed by atoms with Crippen LogP contribution >= 0.6 is 143 Å². The molecule has 0 heterocycles. The third kappa shape index (κ3) is 16.1. The van der Waals surface area contributed by atoms with Gasteiger partial charge in [-0.05, 0) is 304 Å². The molecule has 12 bridgehead atoms. The Hall–Kier alpha value is -2.29. The molecule has 23 nitrogen and oxygen atoms in total. The number of nitrogens with two attached hydrogens (primary N) is 1. The number of esters is 6. The Morgan fingerprint density at radius 1 is 0.433 bits per heavy atom. The van der Waals surface area contributed by atoms with Gasteiger partial charge in [-0.15, -0.1) is 0 Å². The Morgan fingerprint density at radius 2 is 0.683 bits per heavy atom. The topological polar surface area (TPSA) is 376 Å². The summed E-state index contributed by atoms with van der Waals surface area (Å²) >= 11 is 29.7. The van der Waals surface area contributed by atoms with E-state index in [9.17, 15) is 99.1 Å². The summed E-state index contributed by atoms with van der Waals surface area (Å²) in [6, 6.07) is 6.50. The average molecular weight is 2110 g/mol. The molecule has 0 saturated heterocycles. The van der Waals surface area contributed by atoms with Crippen LogP contribution < -0.4 is 5.73 Å². The van der Waals surface area contributed by atoms with Crippen LogP contribution in [0.4, 0.5) is 32.0 Å². The molecule has 41 heteroatoms. The fourth-order valence-electron chi connectivity index (χ4n) is 18.3. The first kappa shape index (κ1) is 84.2. The number of carbonyl (C=O) groups excluding carboxylic acids is 6. The third-order valence-electron chi connectivity index (χ3n) is 21.5. The number of benzene rings is 3. The van der Waals surface area contributed by atoms with Crippen LogP contribution in [0, 0.1) is 51.8 Å². The van der Waals surface area contributed by atoms with Crippen LogP contribution in [0.2, 0.25) is 0 Å². The summed E-state index contributed by atoms with van der Waals surface area (Å²) in [6.45, 7) is 2.03. The van der Waals surface area contributed by atoms with Gasteiger partial charge in [0.1, 0.15) is 22.6 Å². The molecule has 0 aromatic heterocycles. The molecule has 3 N–H and O–H groups in total. The third-order valence-corrected chi connectivity index (χ3v) is 30.3. The summed E-state index contributed by atoms with van der Waals surface area (Å²) in [4.78, 5) is 79.0. The van der Waals surface area contributed by atoms with Crippen LogP contribution in [-0.2, 0) is 73.2 Å². The number of alkyl halides is 6. The minimum absolute atomic E-state index is 0.00229. The van der Waals surface area contributed by atoms with E-state index in [0.29, 0.717) is 135 Å². The zero-order valence-electron chi connectivity index (χ0n) is 54.2. The van der Waals surface area contributed by atoms with Gasteiger partial charge in [0.15, 0.2) is 48.7 Å². The summed E-state index contributed by atoms with van der Waals surface area (Å²) < 4.78 is 219. The van der Waals surface area contributed by atoms with Gasteiger partial charge in [-0.1, -0.05) is 15.9 Å². The number of aromatic hydroxyl groups is 1. The molecule has 12 aliphatic carbocycles. The maximum atomic E-state index is 14.0. The lowest BCUT2D eigenvalue weighted by Gasteiger charge is -2.59. The van der Waals surface area contributed by atoms with Crippen molar-refractivity contribution in [3.8, 4) is 5.75 Å². The first-order valence-corrected chi connectivity index (χ1v) is 43.2. The zero-order chi connectivity index (χ0) is 77.5. The monoisotopic (exact) mass is 2100 g/mol. The van der Waals surface area contributed by atoms with E-state index in [1.807, 2.05) is 0 Å². The predicted octanol–water partition coefficient (Wildman–Crippen LogP) is 15.9. The molecule has 0 radical (unpaired) electrons. The first-order chi connectivity index (χ1) is 47.6. The Morgan fingerprint density at radius 3 is 0.962 bits per heavy atom. The maximum Gasteiger partial charge on any atom is 0.369 e. The van der Waals surface area contributed by atoms with Crippen molar-refractivity contribution in [3.63, 3.8) is 0 Å². The number of phenols is 1. The van der Waals surface area contributed by atoms with Crippen molar-refractivity contribution in [2.75, 3.05) is 5.73 Å². The van der Waals surface area contributed by atoms with E-state index in [2.05, 4.69) is 143 Å². The minimum atomic E-state index is -6.04. The van der Waals surface area contributed by atoms with E-state index >= 15 is 0 Å². The lowest BCUT2D eigenvalue weighted by Crippen LogP contribution is -2.60. The number of anilines is 1. The van der Waals surface area contributed by atoms with Gasteiger partial charge in [-0.25, -0.2) is 39.6 Å². The molecule has 576 valence electrons. The summed E-state index contributed by atoms with van der Waals surface area (Å²) in [6.07, 6.45) is 0.341. The van der Waals surface area contributed by atoms with Crippen molar-refractivity contribution in [2.24, 2.45) is 51.8 Å². The Bertz CT molecular complexity index is 4200. The number of carbonyl (C=O) groups is 6. The molecule has 9 unspecified atom stereocenters. The van der Waals surface area contributed by atoms with Gasteiger partial charge >= 0.3 is 51.6 Å². The molecule has 0 spiro atoms. The van der Waals surface area contributed by atoms with Gasteiger partial charge in [0.05, 0.1) is 52.0 Å². The van der Waals surface area contributed by atoms with Gasteiger partial charge in [0, 0.05) is 46.1 Å².